The summed E-state index contributed by atoms with van der Waals surface area (Å²) < 4.78 is 37.1. The van der Waals surface area contributed by atoms with Crippen molar-refractivity contribution in [2.75, 3.05) is 0 Å². The molecule has 6 aromatic rings. The van der Waals surface area contributed by atoms with Crippen molar-refractivity contribution in [3.8, 4) is 28.0 Å². The number of benzene rings is 6. The van der Waals surface area contributed by atoms with Gasteiger partial charge in [0.15, 0.2) is 5.60 Å². The van der Waals surface area contributed by atoms with Crippen LogP contribution in [0.2, 0.25) is 0 Å². The zero-order valence-electron chi connectivity index (χ0n) is 27.4. The quantitative estimate of drug-likeness (QED) is 0.186. The monoisotopic (exact) mass is 640 g/mol. The average Bonchev–Trinajstić information content (AvgIpc) is 3.38. The van der Waals surface area contributed by atoms with Crippen LogP contribution in [0.3, 0.4) is 0 Å². The summed E-state index contributed by atoms with van der Waals surface area (Å²) in [6, 6.07) is 39.5. The Morgan fingerprint density at radius 3 is 2.12 bits per heavy atom. The maximum Gasteiger partial charge on any atom is 0.174 e. The van der Waals surface area contributed by atoms with Crippen molar-refractivity contribution in [2.45, 2.75) is 37.7 Å². The van der Waals surface area contributed by atoms with Crippen LogP contribution in [0.25, 0.3) is 44.7 Å². The fourth-order valence-corrected chi connectivity index (χ4v) is 8.35. The standard InChI is InChI=1S/C46H34F2O/c1-45(2)41-28-36(48)21-23-38(41)42-37-22-20-35(47)27-40(37)44-39(43(42)45)24-25-46(49-44,33-14-7-4-8-15-33)34-18-16-30(17-19-34)32-13-9-12-31(26-32)29-10-5-3-6-11-29/h3-16,18,20-28H,17,19H2,1-2H3. The topological polar surface area (TPSA) is 9.23 Å². The van der Waals surface area contributed by atoms with Crippen LogP contribution in [0.4, 0.5) is 8.78 Å². The molecule has 1 aliphatic heterocycles. The molecule has 9 rings (SSSR count). The van der Waals surface area contributed by atoms with Crippen LogP contribution in [0.1, 0.15) is 54.5 Å². The van der Waals surface area contributed by atoms with Gasteiger partial charge in [-0.05, 0) is 105 Å². The van der Waals surface area contributed by atoms with Gasteiger partial charge in [-0.25, -0.2) is 8.78 Å². The van der Waals surface area contributed by atoms with E-state index in [2.05, 4.69) is 98.8 Å². The maximum absolute atomic E-state index is 15.1. The molecule has 1 unspecified atom stereocenters. The number of ether oxygens (including phenoxy) is 1. The number of allylic oxidation sites excluding steroid dienone is 3. The van der Waals surface area contributed by atoms with E-state index in [0.29, 0.717) is 5.75 Å². The molecule has 49 heavy (non-hydrogen) atoms. The molecule has 2 aliphatic carbocycles. The van der Waals surface area contributed by atoms with Gasteiger partial charge in [0.1, 0.15) is 17.4 Å². The first kappa shape index (κ1) is 29.6. The lowest BCUT2D eigenvalue weighted by Gasteiger charge is -2.40. The molecule has 3 heteroatoms. The summed E-state index contributed by atoms with van der Waals surface area (Å²) in [4.78, 5) is 0. The van der Waals surface area contributed by atoms with Gasteiger partial charge in [-0.3, -0.25) is 0 Å². The molecule has 1 atom stereocenters. The van der Waals surface area contributed by atoms with Crippen LogP contribution in [0.5, 0.6) is 5.75 Å². The molecule has 0 saturated carbocycles. The highest BCUT2D eigenvalue weighted by Gasteiger charge is 2.45. The first-order chi connectivity index (χ1) is 23.8. The molecule has 1 heterocycles. The predicted molar refractivity (Wildman–Crippen MR) is 196 cm³/mol. The minimum absolute atomic E-state index is 0.262. The maximum atomic E-state index is 15.1. The summed E-state index contributed by atoms with van der Waals surface area (Å²) in [5.74, 6) is 0.0753. The fraction of sp³-hybridized carbons (Fsp3) is 0.130. The second kappa shape index (κ2) is 11.0. The smallest absolute Gasteiger partial charge is 0.174 e. The summed E-state index contributed by atoms with van der Waals surface area (Å²) in [6.07, 6.45) is 10.4. The summed E-state index contributed by atoms with van der Waals surface area (Å²) in [6.45, 7) is 4.28. The first-order valence-corrected chi connectivity index (χ1v) is 16.9. The highest BCUT2D eigenvalue weighted by Crippen LogP contribution is 2.58. The van der Waals surface area contributed by atoms with Crippen LogP contribution in [-0.2, 0) is 11.0 Å². The minimum Gasteiger partial charge on any atom is -0.473 e. The molecule has 0 fully saturated rings. The molecule has 0 bridgehead atoms. The normalized spacial score (nSPS) is 18.6. The van der Waals surface area contributed by atoms with Crippen molar-refractivity contribution < 1.29 is 13.5 Å². The number of hydrogen-bond donors (Lipinski definition) is 0. The van der Waals surface area contributed by atoms with E-state index in [1.807, 2.05) is 36.4 Å². The van der Waals surface area contributed by atoms with Crippen LogP contribution >= 0.6 is 0 Å². The Kier molecular flexibility index (Phi) is 6.64. The van der Waals surface area contributed by atoms with Crippen molar-refractivity contribution >= 4 is 22.4 Å². The van der Waals surface area contributed by atoms with E-state index in [4.69, 9.17) is 4.74 Å². The largest absolute Gasteiger partial charge is 0.473 e. The lowest BCUT2D eigenvalue weighted by molar-refractivity contribution is 0.154. The molecule has 6 aromatic carbocycles. The molecule has 0 aromatic heterocycles. The summed E-state index contributed by atoms with van der Waals surface area (Å²) in [7, 11) is 0. The van der Waals surface area contributed by atoms with E-state index in [9.17, 15) is 4.39 Å². The zero-order valence-corrected chi connectivity index (χ0v) is 27.4. The minimum atomic E-state index is -0.892. The lowest BCUT2D eigenvalue weighted by atomic mass is 9.75. The van der Waals surface area contributed by atoms with Crippen molar-refractivity contribution in [1.82, 2.24) is 0 Å². The van der Waals surface area contributed by atoms with Gasteiger partial charge in [0.05, 0.1) is 0 Å². The Hall–Kier alpha value is -5.54. The number of hydrogen-bond acceptors (Lipinski definition) is 1. The molecule has 1 nitrogen and oxygen atoms in total. The van der Waals surface area contributed by atoms with E-state index < -0.39 is 11.0 Å². The van der Waals surface area contributed by atoms with Crippen molar-refractivity contribution in [3.63, 3.8) is 0 Å². The molecule has 0 radical (unpaired) electrons. The fourth-order valence-electron chi connectivity index (χ4n) is 8.35. The van der Waals surface area contributed by atoms with Gasteiger partial charge in [-0.2, -0.15) is 0 Å². The van der Waals surface area contributed by atoms with E-state index in [1.54, 1.807) is 12.1 Å². The SMILES string of the molecule is CC1(C)c2cc(F)ccc2-c2c1c1c(c3cc(F)ccc23)OC(C2=CC=C(c3cccc(-c4ccccc4)c3)CC2)(c2ccccc2)C=C1. The molecule has 3 aliphatic rings. The van der Waals surface area contributed by atoms with Crippen LogP contribution < -0.4 is 4.74 Å². The third-order valence-corrected chi connectivity index (χ3v) is 10.7. The first-order valence-electron chi connectivity index (χ1n) is 16.9. The van der Waals surface area contributed by atoms with E-state index in [-0.39, 0.29) is 11.6 Å². The molecule has 238 valence electrons. The molecule has 0 saturated heterocycles. The van der Waals surface area contributed by atoms with E-state index in [0.717, 1.165) is 62.6 Å². The van der Waals surface area contributed by atoms with Crippen LogP contribution in [0.15, 0.2) is 145 Å². The molecule has 0 spiro atoms. The second-order valence-corrected chi connectivity index (χ2v) is 13.9. The van der Waals surface area contributed by atoms with Gasteiger partial charge in [0, 0.05) is 21.9 Å². The predicted octanol–water partition coefficient (Wildman–Crippen LogP) is 12.2. The Bertz CT molecular complexity index is 2400. The summed E-state index contributed by atoms with van der Waals surface area (Å²) in [5.41, 5.74) is 10.6. The number of halogens is 2. The average molecular weight is 641 g/mol. The summed E-state index contributed by atoms with van der Waals surface area (Å²) in [5, 5.41) is 1.63. The molecular formula is C46H34F2O. The number of rotatable bonds is 4. The Labute approximate surface area is 285 Å². The third-order valence-electron chi connectivity index (χ3n) is 10.7. The Balaban J connectivity index is 1.21. The van der Waals surface area contributed by atoms with Gasteiger partial charge < -0.3 is 4.74 Å². The summed E-state index contributed by atoms with van der Waals surface area (Å²) >= 11 is 0. The lowest BCUT2D eigenvalue weighted by Crippen LogP contribution is -2.36. The van der Waals surface area contributed by atoms with Crippen molar-refractivity contribution in [3.05, 3.63) is 185 Å². The van der Waals surface area contributed by atoms with Gasteiger partial charge in [0.25, 0.3) is 0 Å². The van der Waals surface area contributed by atoms with Crippen LogP contribution in [-0.4, -0.2) is 0 Å². The Morgan fingerprint density at radius 2 is 1.35 bits per heavy atom. The third kappa shape index (κ3) is 4.56. The Morgan fingerprint density at radius 1 is 0.633 bits per heavy atom. The zero-order chi connectivity index (χ0) is 33.3. The molecule has 0 amide bonds. The van der Waals surface area contributed by atoms with Crippen LogP contribution in [0, 0.1) is 11.6 Å². The van der Waals surface area contributed by atoms with Gasteiger partial charge in [0.2, 0.25) is 0 Å². The van der Waals surface area contributed by atoms with E-state index >= 15 is 4.39 Å². The van der Waals surface area contributed by atoms with Gasteiger partial charge >= 0.3 is 0 Å². The van der Waals surface area contributed by atoms with Gasteiger partial charge in [-0.15, -0.1) is 0 Å². The number of fused-ring (bicyclic) bond motifs is 8. The highest BCUT2D eigenvalue weighted by atomic mass is 19.1. The molecular weight excluding hydrogens is 607 g/mol. The molecule has 0 N–H and O–H groups in total. The second-order valence-electron chi connectivity index (χ2n) is 13.9. The van der Waals surface area contributed by atoms with Gasteiger partial charge in [-0.1, -0.05) is 123 Å². The van der Waals surface area contributed by atoms with E-state index in [1.165, 1.54) is 34.4 Å². The van der Waals surface area contributed by atoms with Crippen molar-refractivity contribution in [1.29, 1.82) is 0 Å². The highest BCUT2D eigenvalue weighted by molar-refractivity contribution is 6.08. The van der Waals surface area contributed by atoms with Crippen molar-refractivity contribution in [2.24, 2.45) is 0 Å².